The van der Waals surface area contributed by atoms with Gasteiger partial charge in [-0.05, 0) is 31.5 Å². The Bertz CT molecular complexity index is 969. The topological polar surface area (TPSA) is 85.3 Å². The van der Waals surface area contributed by atoms with E-state index in [0.717, 1.165) is 16.9 Å². The molecule has 0 N–H and O–H groups in total. The van der Waals surface area contributed by atoms with Gasteiger partial charge in [0, 0.05) is 18.5 Å². The van der Waals surface area contributed by atoms with Crippen LogP contribution in [-0.2, 0) is 16.1 Å². The molecule has 0 spiro atoms. The van der Waals surface area contributed by atoms with Crippen LogP contribution in [-0.4, -0.2) is 26.8 Å². The van der Waals surface area contributed by atoms with Crippen molar-refractivity contribution in [2.75, 3.05) is 4.90 Å². The number of carbonyl (C=O) groups excluding carboxylic acids is 2. The molecule has 3 rings (SSSR count). The summed E-state index contributed by atoms with van der Waals surface area (Å²) in [6.45, 7) is 5.22. The van der Waals surface area contributed by atoms with Gasteiger partial charge in [-0.3, -0.25) is 14.7 Å². The Balaban J connectivity index is 1.72. The monoisotopic (exact) mass is 382 g/mol. The number of nitrogens with zero attached hydrogens (tertiary/aromatic N) is 4. The van der Waals surface area contributed by atoms with Crippen LogP contribution in [0.25, 0.3) is 0 Å². The van der Waals surface area contributed by atoms with E-state index in [1.54, 1.807) is 12.3 Å². The summed E-state index contributed by atoms with van der Waals surface area (Å²) in [4.78, 5) is 38.1. The molecule has 8 heteroatoms. The Morgan fingerprint density at radius 2 is 2.00 bits per heavy atom. The highest BCUT2D eigenvalue weighted by Gasteiger charge is 2.19. The summed E-state index contributed by atoms with van der Waals surface area (Å²) in [5.74, 6) is -0.715. The third-order valence-electron chi connectivity index (χ3n) is 3.65. The van der Waals surface area contributed by atoms with Gasteiger partial charge in [0.15, 0.2) is 10.8 Å². The first kappa shape index (κ1) is 18.7. The molecule has 3 aromatic rings. The van der Waals surface area contributed by atoms with Crippen molar-refractivity contribution >= 4 is 34.0 Å². The van der Waals surface area contributed by atoms with E-state index in [1.165, 1.54) is 35.6 Å². The van der Waals surface area contributed by atoms with Gasteiger partial charge in [-0.15, -0.1) is 11.3 Å². The molecule has 0 saturated carbocycles. The first-order valence-electron chi connectivity index (χ1n) is 8.21. The van der Waals surface area contributed by atoms with Crippen LogP contribution < -0.4 is 4.90 Å². The summed E-state index contributed by atoms with van der Waals surface area (Å²) >= 11 is 1.31. The third kappa shape index (κ3) is 4.53. The first-order valence-corrected chi connectivity index (χ1v) is 9.09. The van der Waals surface area contributed by atoms with Crippen LogP contribution in [0.3, 0.4) is 0 Å². The second-order valence-corrected chi connectivity index (χ2v) is 6.77. The van der Waals surface area contributed by atoms with Gasteiger partial charge < -0.3 is 4.74 Å². The van der Waals surface area contributed by atoms with Crippen molar-refractivity contribution in [2.24, 2.45) is 0 Å². The Labute approximate surface area is 160 Å². The maximum Gasteiger partial charge on any atom is 0.358 e. The molecule has 7 nitrogen and oxygen atoms in total. The van der Waals surface area contributed by atoms with Crippen molar-refractivity contribution in [3.8, 4) is 0 Å². The molecule has 138 valence electrons. The van der Waals surface area contributed by atoms with E-state index in [9.17, 15) is 9.59 Å². The fraction of sp³-hybridized carbons (Fsp3) is 0.211. The maximum atomic E-state index is 12.1. The lowest BCUT2D eigenvalue weighted by Crippen LogP contribution is -2.22. The van der Waals surface area contributed by atoms with E-state index >= 15 is 0 Å². The minimum Gasteiger partial charge on any atom is -0.454 e. The minimum absolute atomic E-state index is 0.00947. The zero-order valence-corrected chi connectivity index (χ0v) is 16.0. The standard InChI is InChI=1S/C19H18N4O3S/c1-12-5-4-6-16(7-12)23(14(3)24)19-22-15(11-27-19)10-26-18(25)17-9-20-13(2)8-21-17/h4-9,11H,10H2,1-3H3. The van der Waals surface area contributed by atoms with Gasteiger partial charge in [0.1, 0.15) is 6.61 Å². The fourth-order valence-corrected chi connectivity index (χ4v) is 3.24. The number of hydrogen-bond donors (Lipinski definition) is 0. The summed E-state index contributed by atoms with van der Waals surface area (Å²) in [5.41, 5.74) is 3.21. The molecular formula is C19H18N4O3S. The number of aryl methyl sites for hydroxylation is 2. The molecule has 2 heterocycles. The largest absolute Gasteiger partial charge is 0.454 e. The Kier molecular flexibility index (Phi) is 5.56. The molecule has 0 fully saturated rings. The second-order valence-electron chi connectivity index (χ2n) is 5.93. The molecule has 0 radical (unpaired) electrons. The van der Waals surface area contributed by atoms with E-state index in [0.29, 0.717) is 10.8 Å². The highest BCUT2D eigenvalue weighted by molar-refractivity contribution is 7.14. The van der Waals surface area contributed by atoms with Gasteiger partial charge in [0.05, 0.1) is 23.3 Å². The van der Waals surface area contributed by atoms with Crippen LogP contribution in [0.4, 0.5) is 10.8 Å². The number of benzene rings is 1. The van der Waals surface area contributed by atoms with Crippen molar-refractivity contribution in [3.63, 3.8) is 0 Å². The lowest BCUT2D eigenvalue weighted by Gasteiger charge is -2.18. The smallest absolute Gasteiger partial charge is 0.358 e. The third-order valence-corrected chi connectivity index (χ3v) is 4.52. The summed E-state index contributed by atoms with van der Waals surface area (Å²) in [6.07, 6.45) is 2.88. The number of carbonyl (C=O) groups is 2. The Hall–Kier alpha value is -3.13. The highest BCUT2D eigenvalue weighted by Crippen LogP contribution is 2.29. The number of thiazole rings is 1. The molecular weight excluding hydrogens is 364 g/mol. The van der Waals surface area contributed by atoms with E-state index < -0.39 is 5.97 Å². The Morgan fingerprint density at radius 1 is 1.19 bits per heavy atom. The number of esters is 1. The summed E-state index contributed by atoms with van der Waals surface area (Å²) in [6, 6.07) is 7.62. The van der Waals surface area contributed by atoms with Crippen LogP contribution in [0.1, 0.15) is 34.4 Å². The normalized spacial score (nSPS) is 10.5. The van der Waals surface area contributed by atoms with E-state index in [-0.39, 0.29) is 18.2 Å². The van der Waals surface area contributed by atoms with E-state index in [2.05, 4.69) is 15.0 Å². The fourth-order valence-electron chi connectivity index (χ4n) is 2.37. The molecule has 27 heavy (non-hydrogen) atoms. The highest BCUT2D eigenvalue weighted by atomic mass is 32.1. The molecule has 0 aliphatic rings. The van der Waals surface area contributed by atoms with Crippen LogP contribution in [0.2, 0.25) is 0 Å². The molecule has 0 bridgehead atoms. The molecule has 0 aliphatic carbocycles. The maximum absolute atomic E-state index is 12.1. The predicted octanol–water partition coefficient (Wildman–Crippen LogP) is 3.59. The first-order chi connectivity index (χ1) is 12.9. The second kappa shape index (κ2) is 8.05. The van der Waals surface area contributed by atoms with Crippen LogP contribution in [0.15, 0.2) is 42.0 Å². The van der Waals surface area contributed by atoms with Crippen LogP contribution in [0.5, 0.6) is 0 Å². The lowest BCUT2D eigenvalue weighted by atomic mass is 10.2. The van der Waals surface area contributed by atoms with Gasteiger partial charge in [-0.1, -0.05) is 12.1 Å². The Morgan fingerprint density at radius 3 is 2.67 bits per heavy atom. The summed E-state index contributed by atoms with van der Waals surface area (Å²) in [7, 11) is 0. The number of anilines is 2. The molecule has 0 unspecified atom stereocenters. The van der Waals surface area contributed by atoms with Gasteiger partial charge in [0.25, 0.3) is 0 Å². The van der Waals surface area contributed by atoms with Crippen molar-refractivity contribution in [1.29, 1.82) is 0 Å². The number of amides is 1. The molecule has 2 aromatic heterocycles. The van der Waals surface area contributed by atoms with E-state index in [4.69, 9.17) is 4.74 Å². The quantitative estimate of drug-likeness (QED) is 0.627. The van der Waals surface area contributed by atoms with Gasteiger partial charge in [0.2, 0.25) is 5.91 Å². The number of hydrogen-bond acceptors (Lipinski definition) is 7. The van der Waals surface area contributed by atoms with Crippen molar-refractivity contribution in [2.45, 2.75) is 27.4 Å². The van der Waals surface area contributed by atoms with Crippen molar-refractivity contribution < 1.29 is 14.3 Å². The SMILES string of the molecule is CC(=O)N(c1cccc(C)c1)c1nc(COC(=O)c2cnc(C)cn2)cs1. The predicted molar refractivity (Wildman–Crippen MR) is 102 cm³/mol. The zero-order chi connectivity index (χ0) is 19.4. The van der Waals surface area contributed by atoms with E-state index in [1.807, 2.05) is 31.2 Å². The molecule has 1 amide bonds. The minimum atomic E-state index is -0.570. The lowest BCUT2D eigenvalue weighted by molar-refractivity contribution is -0.115. The average Bonchev–Trinajstić information content (AvgIpc) is 3.08. The average molecular weight is 382 g/mol. The number of aromatic nitrogens is 3. The van der Waals surface area contributed by atoms with Crippen LogP contribution in [0, 0.1) is 13.8 Å². The summed E-state index contributed by atoms with van der Waals surface area (Å²) < 4.78 is 5.23. The van der Waals surface area contributed by atoms with Gasteiger partial charge in [-0.25, -0.2) is 14.8 Å². The molecule has 0 atom stereocenters. The summed E-state index contributed by atoms with van der Waals surface area (Å²) in [5, 5.41) is 2.28. The molecule has 0 aliphatic heterocycles. The number of ether oxygens (including phenoxy) is 1. The van der Waals surface area contributed by atoms with Crippen molar-refractivity contribution in [3.05, 3.63) is 64.7 Å². The molecule has 1 aromatic carbocycles. The zero-order valence-electron chi connectivity index (χ0n) is 15.2. The van der Waals surface area contributed by atoms with Gasteiger partial charge in [-0.2, -0.15) is 0 Å². The number of rotatable bonds is 5. The van der Waals surface area contributed by atoms with Crippen LogP contribution >= 0.6 is 11.3 Å². The molecule has 0 saturated heterocycles. The van der Waals surface area contributed by atoms with Crippen molar-refractivity contribution in [1.82, 2.24) is 15.0 Å². The van der Waals surface area contributed by atoms with Gasteiger partial charge >= 0.3 is 5.97 Å².